The molecule has 1 radical (unpaired) electrons. The van der Waals surface area contributed by atoms with Gasteiger partial charge in [-0.15, -0.1) is 0 Å². The number of benzene rings is 1. The fraction of sp³-hybridized carbons (Fsp3) is 0.100. The molecule has 0 spiro atoms. The van der Waals surface area contributed by atoms with Crippen LogP contribution in [0.2, 0.25) is 0 Å². The molecular formula is C10H5Br2F4. The highest BCUT2D eigenvalue weighted by Gasteiger charge is 2.22. The summed E-state index contributed by atoms with van der Waals surface area (Å²) in [5, 5.41) is 0. The van der Waals surface area contributed by atoms with Crippen LogP contribution in [0.5, 0.6) is 0 Å². The van der Waals surface area contributed by atoms with Gasteiger partial charge >= 0.3 is 0 Å². The van der Waals surface area contributed by atoms with Gasteiger partial charge in [-0.2, -0.15) is 0 Å². The Morgan fingerprint density at radius 2 is 1.50 bits per heavy atom. The van der Waals surface area contributed by atoms with Gasteiger partial charge in [0.1, 0.15) is 0 Å². The molecule has 0 heterocycles. The number of hydrogen-bond acceptors (Lipinski definition) is 0. The van der Waals surface area contributed by atoms with Gasteiger partial charge in [0.05, 0.1) is 0 Å². The minimum atomic E-state index is -1.47. The monoisotopic (exact) mass is 359 g/mol. The molecule has 1 rings (SSSR count). The van der Waals surface area contributed by atoms with E-state index in [4.69, 9.17) is 0 Å². The van der Waals surface area contributed by atoms with Crippen LogP contribution >= 0.6 is 31.9 Å². The molecule has 0 unspecified atom stereocenters. The van der Waals surface area contributed by atoms with Crippen molar-refractivity contribution in [3.63, 3.8) is 0 Å². The molecule has 0 amide bonds. The Hall–Kier alpha value is -0.360. The van der Waals surface area contributed by atoms with Crippen molar-refractivity contribution in [1.29, 1.82) is 0 Å². The molecular weight excluding hydrogens is 356 g/mol. The number of allylic oxidation sites excluding steroid dienone is 1. The first-order valence-electron chi connectivity index (χ1n) is 4.01. The maximum atomic E-state index is 13.3. The van der Waals surface area contributed by atoms with Crippen LogP contribution in [0.25, 0.3) is 0 Å². The molecule has 87 valence electrons. The molecule has 16 heavy (non-hydrogen) atoms. The Kier molecular flexibility index (Phi) is 4.55. The predicted octanol–water partition coefficient (Wildman–Crippen LogP) is 4.60. The van der Waals surface area contributed by atoms with E-state index in [2.05, 4.69) is 38.8 Å². The van der Waals surface area contributed by atoms with Crippen molar-refractivity contribution in [3.8, 4) is 0 Å². The molecule has 0 bridgehead atoms. The summed E-state index contributed by atoms with van der Waals surface area (Å²) in [4.78, 5) is 1.35. The minimum Gasteiger partial charge on any atom is -0.203 e. The lowest BCUT2D eigenvalue weighted by molar-refractivity contribution is 0.437. The summed E-state index contributed by atoms with van der Waals surface area (Å²) in [6.07, 6.45) is -0.295. The molecule has 1 aromatic rings. The maximum Gasteiger partial charge on any atom is 0.165 e. The smallest absolute Gasteiger partial charge is 0.165 e. The number of halogens is 6. The molecule has 0 fully saturated rings. The Balaban J connectivity index is 3.40. The van der Waals surface area contributed by atoms with Gasteiger partial charge in [-0.05, 0) is 11.9 Å². The van der Waals surface area contributed by atoms with Gasteiger partial charge in [-0.3, -0.25) is 0 Å². The predicted molar refractivity (Wildman–Crippen MR) is 60.4 cm³/mol. The van der Waals surface area contributed by atoms with Crippen molar-refractivity contribution in [3.05, 3.63) is 50.8 Å². The average molecular weight is 361 g/mol. The van der Waals surface area contributed by atoms with Gasteiger partial charge in [0.25, 0.3) is 0 Å². The second kappa shape index (κ2) is 5.31. The Bertz CT molecular complexity index is 426. The van der Waals surface area contributed by atoms with Crippen molar-refractivity contribution in [2.24, 2.45) is 0 Å². The summed E-state index contributed by atoms with van der Waals surface area (Å²) < 4.78 is 53.2. The minimum absolute atomic E-state index is 0.295. The van der Waals surface area contributed by atoms with Crippen LogP contribution in [0.15, 0.2) is 9.47 Å². The zero-order valence-corrected chi connectivity index (χ0v) is 10.9. The largest absolute Gasteiger partial charge is 0.203 e. The third kappa shape index (κ3) is 2.48. The topological polar surface area (TPSA) is 0 Å². The molecule has 0 aromatic heterocycles. The standard InChI is InChI=1S/C10H5Br2F4/c1-4-7(13)9(15)6(2-5(12)3-11)10(16)8(4)14/h3H,1-2H2/b5-3+. The normalized spacial score (nSPS) is 12.1. The Morgan fingerprint density at radius 3 is 1.88 bits per heavy atom. The molecule has 0 nitrogen and oxygen atoms in total. The van der Waals surface area contributed by atoms with Gasteiger partial charge in [-0.25, -0.2) is 17.6 Å². The first-order chi connectivity index (χ1) is 7.40. The van der Waals surface area contributed by atoms with Gasteiger partial charge in [0.2, 0.25) is 0 Å². The molecule has 0 aliphatic rings. The molecule has 0 saturated carbocycles. The van der Waals surface area contributed by atoms with Crippen LogP contribution in [0, 0.1) is 30.2 Å². The lowest BCUT2D eigenvalue weighted by Gasteiger charge is -2.08. The summed E-state index contributed by atoms with van der Waals surface area (Å²) in [7, 11) is 0. The first kappa shape index (κ1) is 13.7. The average Bonchev–Trinajstić information content (AvgIpc) is 2.29. The zero-order chi connectivity index (χ0) is 12.5. The van der Waals surface area contributed by atoms with Crippen molar-refractivity contribution < 1.29 is 17.6 Å². The van der Waals surface area contributed by atoms with Crippen molar-refractivity contribution in [2.75, 3.05) is 0 Å². The summed E-state index contributed by atoms with van der Waals surface area (Å²) in [6.45, 7) is 2.92. The van der Waals surface area contributed by atoms with E-state index in [0.29, 0.717) is 4.48 Å². The molecule has 0 aliphatic carbocycles. The summed E-state index contributed by atoms with van der Waals surface area (Å²) >= 11 is 5.89. The maximum absolute atomic E-state index is 13.3. The molecule has 0 atom stereocenters. The Morgan fingerprint density at radius 1 is 1.06 bits per heavy atom. The highest BCUT2D eigenvalue weighted by Crippen LogP contribution is 2.27. The van der Waals surface area contributed by atoms with Crippen LogP contribution in [0.1, 0.15) is 11.1 Å². The van der Waals surface area contributed by atoms with E-state index < -0.39 is 34.4 Å². The van der Waals surface area contributed by atoms with Crippen LogP contribution in [0.4, 0.5) is 17.6 Å². The SMILES string of the molecule is [CH2]c1c(F)c(F)c(C/C(Br)=C\Br)c(F)c1F. The fourth-order valence-corrected chi connectivity index (χ4v) is 1.53. The molecule has 0 N–H and O–H groups in total. The molecule has 0 aliphatic heterocycles. The van der Waals surface area contributed by atoms with E-state index in [-0.39, 0.29) is 6.42 Å². The van der Waals surface area contributed by atoms with E-state index in [1.54, 1.807) is 0 Å². The lowest BCUT2D eigenvalue weighted by atomic mass is 10.1. The van der Waals surface area contributed by atoms with Crippen LogP contribution in [-0.2, 0) is 6.42 Å². The van der Waals surface area contributed by atoms with E-state index in [1.165, 1.54) is 4.99 Å². The molecule has 6 heteroatoms. The van der Waals surface area contributed by atoms with Crippen LogP contribution < -0.4 is 0 Å². The van der Waals surface area contributed by atoms with E-state index in [9.17, 15) is 17.6 Å². The number of rotatable bonds is 2. The van der Waals surface area contributed by atoms with Crippen molar-refractivity contribution >= 4 is 31.9 Å². The Labute approximate surface area is 107 Å². The second-order valence-electron chi connectivity index (χ2n) is 2.95. The third-order valence-corrected chi connectivity index (χ3v) is 3.59. The fourth-order valence-electron chi connectivity index (χ4n) is 1.09. The van der Waals surface area contributed by atoms with Crippen molar-refractivity contribution in [1.82, 2.24) is 0 Å². The lowest BCUT2D eigenvalue weighted by Crippen LogP contribution is -2.06. The summed E-state index contributed by atoms with van der Waals surface area (Å²) in [6, 6.07) is 0. The van der Waals surface area contributed by atoms with Gasteiger partial charge in [0.15, 0.2) is 23.3 Å². The molecule has 0 saturated heterocycles. The quantitative estimate of drug-likeness (QED) is 0.534. The molecule has 1 aromatic carbocycles. The van der Waals surface area contributed by atoms with Crippen molar-refractivity contribution in [2.45, 2.75) is 6.42 Å². The van der Waals surface area contributed by atoms with Gasteiger partial charge < -0.3 is 0 Å². The number of hydrogen-bond donors (Lipinski definition) is 0. The van der Waals surface area contributed by atoms with Crippen LogP contribution in [-0.4, -0.2) is 0 Å². The highest BCUT2D eigenvalue weighted by molar-refractivity contribution is 9.14. The zero-order valence-electron chi connectivity index (χ0n) is 7.76. The van der Waals surface area contributed by atoms with Gasteiger partial charge in [-0.1, -0.05) is 31.9 Å². The second-order valence-corrected chi connectivity index (χ2v) is 4.42. The van der Waals surface area contributed by atoms with Crippen LogP contribution in [0.3, 0.4) is 0 Å². The van der Waals surface area contributed by atoms with E-state index >= 15 is 0 Å². The third-order valence-electron chi connectivity index (χ3n) is 1.91. The van der Waals surface area contributed by atoms with E-state index in [0.717, 1.165) is 0 Å². The summed E-state index contributed by atoms with van der Waals surface area (Å²) in [5.41, 5.74) is -1.58. The summed E-state index contributed by atoms with van der Waals surface area (Å²) in [5.74, 6) is -5.78. The van der Waals surface area contributed by atoms with Gasteiger partial charge in [0, 0.05) is 22.0 Å². The van der Waals surface area contributed by atoms with E-state index in [1.807, 2.05) is 0 Å². The highest BCUT2D eigenvalue weighted by atomic mass is 79.9. The first-order valence-corrected chi connectivity index (χ1v) is 5.72.